The van der Waals surface area contributed by atoms with Crippen LogP contribution in [-0.2, 0) is 4.79 Å². The van der Waals surface area contributed by atoms with Gasteiger partial charge in [-0.15, -0.1) is 0 Å². The lowest BCUT2D eigenvalue weighted by molar-refractivity contribution is -0.121. The first-order valence-corrected chi connectivity index (χ1v) is 8.53. The Labute approximate surface area is 138 Å². The second kappa shape index (κ2) is 6.69. The van der Waals surface area contributed by atoms with Crippen molar-refractivity contribution in [3.05, 3.63) is 28.7 Å². The molecule has 1 saturated carbocycles. The first kappa shape index (κ1) is 15.3. The van der Waals surface area contributed by atoms with Crippen LogP contribution in [0, 0.1) is 5.92 Å². The summed E-state index contributed by atoms with van der Waals surface area (Å²) in [5, 5.41) is 5.92. The molecule has 0 spiro atoms. The molecule has 1 aliphatic heterocycles. The van der Waals surface area contributed by atoms with Gasteiger partial charge >= 0.3 is 6.03 Å². The Balaban J connectivity index is 1.55. The molecule has 1 aliphatic carbocycles. The normalized spacial score (nSPS) is 21.3. The van der Waals surface area contributed by atoms with Gasteiger partial charge in [-0.3, -0.25) is 4.79 Å². The summed E-state index contributed by atoms with van der Waals surface area (Å²) >= 11 is 3.37. The predicted molar refractivity (Wildman–Crippen MR) is 88.6 cm³/mol. The molecular formula is C16H20BrN3O2. The molecule has 1 saturated heterocycles. The molecule has 2 fully saturated rings. The van der Waals surface area contributed by atoms with Gasteiger partial charge in [0.2, 0.25) is 5.91 Å². The van der Waals surface area contributed by atoms with Gasteiger partial charge in [-0.25, -0.2) is 4.79 Å². The van der Waals surface area contributed by atoms with Gasteiger partial charge in [-0.1, -0.05) is 15.9 Å². The summed E-state index contributed by atoms with van der Waals surface area (Å²) in [5.74, 6) is -0.145. The lowest BCUT2D eigenvalue weighted by Crippen LogP contribution is -2.48. The van der Waals surface area contributed by atoms with Crippen LogP contribution in [0.1, 0.15) is 25.7 Å². The van der Waals surface area contributed by atoms with Crippen LogP contribution in [-0.4, -0.2) is 36.0 Å². The van der Waals surface area contributed by atoms with Gasteiger partial charge in [0.15, 0.2) is 0 Å². The van der Waals surface area contributed by atoms with Crippen LogP contribution in [0.5, 0.6) is 0 Å². The highest BCUT2D eigenvalue weighted by molar-refractivity contribution is 9.10. The number of nitrogens with one attached hydrogen (secondary N) is 2. The molecule has 1 aromatic carbocycles. The summed E-state index contributed by atoms with van der Waals surface area (Å²) in [7, 11) is 0. The Morgan fingerprint density at radius 3 is 2.55 bits per heavy atom. The fraction of sp³-hybridized carbons (Fsp3) is 0.500. The summed E-state index contributed by atoms with van der Waals surface area (Å²) in [4.78, 5) is 26.2. The van der Waals surface area contributed by atoms with Gasteiger partial charge < -0.3 is 15.5 Å². The number of halogens is 1. The van der Waals surface area contributed by atoms with Gasteiger partial charge in [0.05, 0.1) is 5.92 Å². The average Bonchev–Trinajstić information content (AvgIpc) is 3.33. The van der Waals surface area contributed by atoms with E-state index >= 15 is 0 Å². The van der Waals surface area contributed by atoms with Crippen LogP contribution in [0.4, 0.5) is 10.5 Å². The number of nitrogens with zero attached hydrogens (tertiary/aromatic N) is 1. The van der Waals surface area contributed by atoms with Crippen molar-refractivity contribution in [2.45, 2.75) is 31.7 Å². The zero-order valence-corrected chi connectivity index (χ0v) is 13.9. The van der Waals surface area contributed by atoms with E-state index in [0.29, 0.717) is 12.6 Å². The van der Waals surface area contributed by atoms with E-state index in [4.69, 9.17) is 0 Å². The predicted octanol–water partition coefficient (Wildman–Crippen LogP) is 2.97. The Bertz CT molecular complexity index is 557. The standard InChI is InChI=1S/C16H20BrN3O2/c17-12-3-5-13(6-4-12)18-15(21)11-2-1-9-20(10-11)16(22)19-14-7-8-14/h3-6,11,14H,1-2,7-10H2,(H,18,21)(H,19,22). The number of carbonyl (C=O) groups is 2. The fourth-order valence-corrected chi connectivity index (χ4v) is 2.91. The zero-order chi connectivity index (χ0) is 15.5. The Hall–Kier alpha value is -1.56. The molecule has 6 heteroatoms. The third-order valence-electron chi connectivity index (χ3n) is 4.10. The van der Waals surface area contributed by atoms with Gasteiger partial charge in [0.25, 0.3) is 0 Å². The lowest BCUT2D eigenvalue weighted by Gasteiger charge is -2.32. The average molecular weight is 366 g/mol. The highest BCUT2D eigenvalue weighted by Gasteiger charge is 2.31. The molecule has 1 aromatic rings. The minimum absolute atomic E-state index is 0.00811. The van der Waals surface area contributed by atoms with Crippen LogP contribution >= 0.6 is 15.9 Å². The van der Waals surface area contributed by atoms with Crippen LogP contribution in [0.25, 0.3) is 0 Å². The SMILES string of the molecule is O=C(Nc1ccc(Br)cc1)C1CCCN(C(=O)NC2CC2)C1. The quantitative estimate of drug-likeness (QED) is 0.864. The number of rotatable bonds is 3. The van der Waals surface area contributed by atoms with Crippen molar-refractivity contribution in [1.82, 2.24) is 10.2 Å². The third kappa shape index (κ3) is 4.00. The van der Waals surface area contributed by atoms with E-state index in [2.05, 4.69) is 26.6 Å². The monoisotopic (exact) mass is 365 g/mol. The second-order valence-electron chi connectivity index (χ2n) is 6.01. The maximum absolute atomic E-state index is 12.4. The molecule has 0 radical (unpaired) electrons. The second-order valence-corrected chi connectivity index (χ2v) is 6.92. The smallest absolute Gasteiger partial charge is 0.317 e. The Morgan fingerprint density at radius 1 is 1.14 bits per heavy atom. The minimum atomic E-state index is -0.137. The molecule has 22 heavy (non-hydrogen) atoms. The van der Waals surface area contributed by atoms with Gasteiger partial charge in [0.1, 0.15) is 0 Å². The van der Waals surface area contributed by atoms with E-state index in [1.165, 1.54) is 0 Å². The number of benzene rings is 1. The zero-order valence-electron chi connectivity index (χ0n) is 12.3. The van der Waals surface area contributed by atoms with E-state index in [-0.39, 0.29) is 17.9 Å². The van der Waals surface area contributed by atoms with Crippen LogP contribution < -0.4 is 10.6 Å². The van der Waals surface area contributed by atoms with Gasteiger partial charge in [0, 0.05) is 29.3 Å². The van der Waals surface area contributed by atoms with Gasteiger partial charge in [-0.2, -0.15) is 0 Å². The molecule has 3 rings (SSSR count). The van der Waals surface area contributed by atoms with E-state index in [9.17, 15) is 9.59 Å². The minimum Gasteiger partial charge on any atom is -0.335 e. The number of piperidine rings is 1. The van der Waals surface area contributed by atoms with Crippen molar-refractivity contribution < 1.29 is 9.59 Å². The maximum Gasteiger partial charge on any atom is 0.317 e. The number of anilines is 1. The topological polar surface area (TPSA) is 61.4 Å². The van der Waals surface area contributed by atoms with Crippen LogP contribution in [0.3, 0.4) is 0 Å². The van der Waals surface area contributed by atoms with Crippen LogP contribution in [0.15, 0.2) is 28.7 Å². The number of hydrogen-bond acceptors (Lipinski definition) is 2. The molecule has 1 atom stereocenters. The molecule has 1 unspecified atom stereocenters. The first-order valence-electron chi connectivity index (χ1n) is 7.74. The van der Waals surface area contributed by atoms with Crippen molar-refractivity contribution >= 4 is 33.6 Å². The van der Waals surface area contributed by atoms with Crippen LogP contribution in [0.2, 0.25) is 0 Å². The Kier molecular flexibility index (Phi) is 4.66. The molecule has 2 N–H and O–H groups in total. The summed E-state index contributed by atoms with van der Waals surface area (Å²) in [6.45, 7) is 1.24. The molecule has 0 aromatic heterocycles. The number of urea groups is 1. The van der Waals surface area contributed by atoms with Gasteiger partial charge in [-0.05, 0) is 49.9 Å². The number of likely N-dealkylation sites (tertiary alicyclic amines) is 1. The summed E-state index contributed by atoms with van der Waals surface area (Å²) in [6, 6.07) is 7.84. The molecule has 2 aliphatic rings. The highest BCUT2D eigenvalue weighted by atomic mass is 79.9. The molecular weight excluding hydrogens is 346 g/mol. The fourth-order valence-electron chi connectivity index (χ4n) is 2.65. The first-order chi connectivity index (χ1) is 10.6. The summed E-state index contributed by atoms with van der Waals surface area (Å²) in [5.41, 5.74) is 0.785. The van der Waals surface area contributed by atoms with Crippen molar-refractivity contribution in [3.8, 4) is 0 Å². The molecule has 118 valence electrons. The molecule has 0 bridgehead atoms. The Morgan fingerprint density at radius 2 is 1.86 bits per heavy atom. The largest absolute Gasteiger partial charge is 0.335 e. The molecule has 3 amide bonds. The molecule has 1 heterocycles. The number of carbonyl (C=O) groups excluding carboxylic acids is 2. The third-order valence-corrected chi connectivity index (χ3v) is 4.62. The maximum atomic E-state index is 12.4. The number of hydrogen-bond donors (Lipinski definition) is 2. The summed E-state index contributed by atoms with van der Waals surface area (Å²) in [6.07, 6.45) is 3.85. The number of amides is 3. The van der Waals surface area contributed by atoms with E-state index in [1.807, 2.05) is 24.3 Å². The van der Waals surface area contributed by atoms with Crippen molar-refractivity contribution in [1.29, 1.82) is 0 Å². The highest BCUT2D eigenvalue weighted by Crippen LogP contribution is 2.22. The van der Waals surface area contributed by atoms with E-state index < -0.39 is 0 Å². The van der Waals surface area contributed by atoms with Crippen molar-refractivity contribution in [2.24, 2.45) is 5.92 Å². The van der Waals surface area contributed by atoms with Crippen molar-refractivity contribution in [2.75, 3.05) is 18.4 Å². The lowest BCUT2D eigenvalue weighted by atomic mass is 9.97. The van der Waals surface area contributed by atoms with Crippen molar-refractivity contribution in [3.63, 3.8) is 0 Å². The molecule has 5 nitrogen and oxygen atoms in total. The van der Waals surface area contributed by atoms with E-state index in [0.717, 1.165) is 42.4 Å². The van der Waals surface area contributed by atoms with E-state index in [1.54, 1.807) is 4.90 Å². The summed E-state index contributed by atoms with van der Waals surface area (Å²) < 4.78 is 0.978.